The van der Waals surface area contributed by atoms with Crippen LogP contribution in [0.2, 0.25) is 0 Å². The Morgan fingerprint density at radius 2 is 2.50 bits per heavy atom. The second-order valence-electron chi connectivity index (χ2n) is 1.99. The first-order valence-electron chi connectivity index (χ1n) is 2.84. The molecular weight excluding hydrogens is 210 g/mol. The summed E-state index contributed by atoms with van der Waals surface area (Å²) in [6.45, 7) is 8.67. The van der Waals surface area contributed by atoms with Crippen molar-refractivity contribution < 1.29 is 0 Å². The van der Waals surface area contributed by atoms with Gasteiger partial charge in [-0.15, -0.1) is 11.3 Å². The fourth-order valence-electron chi connectivity index (χ4n) is 0.617. The van der Waals surface area contributed by atoms with E-state index in [0.29, 0.717) is 0 Å². The molecule has 1 aromatic heterocycles. The molecule has 52 valence electrons. The van der Waals surface area contributed by atoms with Crippen LogP contribution in [0, 0.1) is 6.57 Å². The van der Waals surface area contributed by atoms with Gasteiger partial charge in [-0.25, -0.2) is 6.57 Å². The highest BCUT2D eigenvalue weighted by molar-refractivity contribution is 9.11. The quantitative estimate of drug-likeness (QED) is 0.633. The topological polar surface area (TPSA) is 4.36 Å². The van der Waals surface area contributed by atoms with Gasteiger partial charge in [0.05, 0.1) is 3.79 Å². The zero-order valence-electron chi connectivity index (χ0n) is 5.47. The maximum absolute atomic E-state index is 6.77. The van der Waals surface area contributed by atoms with Crippen LogP contribution < -0.4 is 0 Å². The predicted octanol–water partition coefficient (Wildman–Crippen LogP) is 3.49. The van der Waals surface area contributed by atoms with Gasteiger partial charge in [0, 0.05) is 17.9 Å². The summed E-state index contributed by atoms with van der Waals surface area (Å²) in [5.74, 6) is 0. The first-order chi connectivity index (χ1) is 4.74. The highest BCUT2D eigenvalue weighted by Gasteiger charge is 2.09. The second-order valence-corrected chi connectivity index (χ2v) is 4.28. The molecule has 0 aliphatic carbocycles. The molecule has 0 aliphatic rings. The standard InChI is InChI=1S/C7H6BrNS/c1-5(9-2)6-3-7(8)10-4-6/h3-5H,1H3. The Hall–Kier alpha value is -0.330. The summed E-state index contributed by atoms with van der Waals surface area (Å²) in [7, 11) is 0. The smallest absolute Gasteiger partial charge is 0.246 e. The average molecular weight is 216 g/mol. The number of thiophene rings is 1. The Morgan fingerprint density at radius 1 is 1.80 bits per heavy atom. The van der Waals surface area contributed by atoms with Crippen molar-refractivity contribution in [1.82, 2.24) is 0 Å². The van der Waals surface area contributed by atoms with Gasteiger partial charge >= 0.3 is 0 Å². The molecule has 1 nitrogen and oxygen atoms in total. The van der Waals surface area contributed by atoms with Crippen LogP contribution in [-0.2, 0) is 0 Å². The van der Waals surface area contributed by atoms with Gasteiger partial charge in [0.2, 0.25) is 6.04 Å². The molecule has 0 fully saturated rings. The molecule has 3 heteroatoms. The lowest BCUT2D eigenvalue weighted by Gasteiger charge is -1.90. The first-order valence-corrected chi connectivity index (χ1v) is 4.52. The normalized spacial score (nSPS) is 12.5. The molecule has 0 bridgehead atoms. The number of nitrogens with zero attached hydrogens (tertiary/aromatic N) is 1. The molecule has 0 aromatic carbocycles. The van der Waals surface area contributed by atoms with Gasteiger partial charge in [0.1, 0.15) is 0 Å². The molecule has 0 spiro atoms. The molecule has 0 saturated carbocycles. The number of hydrogen-bond acceptors (Lipinski definition) is 1. The molecule has 1 atom stereocenters. The van der Waals surface area contributed by atoms with Gasteiger partial charge in [0.25, 0.3) is 0 Å². The van der Waals surface area contributed by atoms with Gasteiger partial charge in [-0.2, -0.15) is 0 Å². The van der Waals surface area contributed by atoms with Crippen molar-refractivity contribution in [2.45, 2.75) is 13.0 Å². The van der Waals surface area contributed by atoms with Crippen LogP contribution >= 0.6 is 27.3 Å². The van der Waals surface area contributed by atoms with Crippen LogP contribution in [0.25, 0.3) is 4.85 Å². The van der Waals surface area contributed by atoms with Gasteiger partial charge < -0.3 is 4.85 Å². The summed E-state index contributed by atoms with van der Waals surface area (Å²) in [5, 5.41) is 2.01. The van der Waals surface area contributed by atoms with Crippen molar-refractivity contribution >= 4 is 27.3 Å². The molecule has 0 radical (unpaired) electrons. The number of halogens is 1. The zero-order chi connectivity index (χ0) is 7.56. The Bertz CT molecular complexity index is 261. The lowest BCUT2D eigenvalue weighted by molar-refractivity contribution is 0.969. The third-order valence-corrected chi connectivity index (χ3v) is 2.79. The predicted molar refractivity (Wildman–Crippen MR) is 47.0 cm³/mol. The van der Waals surface area contributed by atoms with E-state index in [4.69, 9.17) is 6.57 Å². The maximum Gasteiger partial charge on any atom is 0.246 e. The highest BCUT2D eigenvalue weighted by atomic mass is 79.9. The molecule has 0 aliphatic heterocycles. The molecule has 1 aromatic rings. The third kappa shape index (κ3) is 1.59. The van der Waals surface area contributed by atoms with Gasteiger partial charge in [0.15, 0.2) is 0 Å². The Kier molecular flexibility index (Phi) is 2.47. The molecule has 1 heterocycles. The molecule has 0 amide bonds. The summed E-state index contributed by atoms with van der Waals surface area (Å²) in [6, 6.07) is 2.00. The summed E-state index contributed by atoms with van der Waals surface area (Å²) < 4.78 is 1.10. The van der Waals surface area contributed by atoms with E-state index in [2.05, 4.69) is 20.8 Å². The highest BCUT2D eigenvalue weighted by Crippen LogP contribution is 2.26. The van der Waals surface area contributed by atoms with Crippen LogP contribution in [-0.4, -0.2) is 0 Å². The first kappa shape index (κ1) is 7.77. The van der Waals surface area contributed by atoms with E-state index < -0.39 is 0 Å². The fourth-order valence-corrected chi connectivity index (χ4v) is 1.88. The minimum Gasteiger partial charge on any atom is -0.309 e. The maximum atomic E-state index is 6.77. The molecule has 1 rings (SSSR count). The van der Waals surface area contributed by atoms with Gasteiger partial charge in [-0.1, -0.05) is 0 Å². The lowest BCUT2D eigenvalue weighted by atomic mass is 10.2. The Balaban J connectivity index is 2.87. The average Bonchev–Trinajstić information content (AvgIpc) is 2.34. The second kappa shape index (κ2) is 3.18. The zero-order valence-corrected chi connectivity index (χ0v) is 7.87. The summed E-state index contributed by atoms with van der Waals surface area (Å²) in [6.07, 6.45) is 0. The van der Waals surface area contributed by atoms with Crippen LogP contribution in [0.5, 0.6) is 0 Å². The van der Waals surface area contributed by atoms with Crippen molar-refractivity contribution in [3.63, 3.8) is 0 Å². The molecule has 10 heavy (non-hydrogen) atoms. The Labute approximate surface area is 72.6 Å². The summed E-state index contributed by atoms with van der Waals surface area (Å²) in [4.78, 5) is 3.41. The number of hydrogen-bond donors (Lipinski definition) is 0. The van der Waals surface area contributed by atoms with Crippen molar-refractivity contribution in [2.24, 2.45) is 0 Å². The number of rotatable bonds is 1. The van der Waals surface area contributed by atoms with Crippen molar-refractivity contribution in [3.05, 3.63) is 32.2 Å². The molecular formula is C7H6BrNS. The molecule has 0 N–H and O–H groups in total. The van der Waals surface area contributed by atoms with E-state index in [0.717, 1.165) is 9.35 Å². The van der Waals surface area contributed by atoms with Crippen molar-refractivity contribution in [1.29, 1.82) is 0 Å². The van der Waals surface area contributed by atoms with E-state index in [1.54, 1.807) is 11.3 Å². The van der Waals surface area contributed by atoms with E-state index in [9.17, 15) is 0 Å². The van der Waals surface area contributed by atoms with E-state index >= 15 is 0 Å². The molecule has 1 unspecified atom stereocenters. The van der Waals surface area contributed by atoms with E-state index in [1.807, 2.05) is 18.4 Å². The minimum atomic E-state index is 0.00236. The minimum absolute atomic E-state index is 0.00236. The van der Waals surface area contributed by atoms with E-state index in [-0.39, 0.29) is 6.04 Å². The van der Waals surface area contributed by atoms with E-state index in [1.165, 1.54) is 0 Å². The van der Waals surface area contributed by atoms with Crippen molar-refractivity contribution in [2.75, 3.05) is 0 Å². The Morgan fingerprint density at radius 3 is 2.90 bits per heavy atom. The SMILES string of the molecule is [C-]#[N+]C(C)c1csc(Br)c1. The molecule has 0 saturated heterocycles. The van der Waals surface area contributed by atoms with Crippen LogP contribution in [0.3, 0.4) is 0 Å². The van der Waals surface area contributed by atoms with Gasteiger partial charge in [-0.05, 0) is 22.0 Å². The van der Waals surface area contributed by atoms with Crippen molar-refractivity contribution in [3.8, 4) is 0 Å². The largest absolute Gasteiger partial charge is 0.309 e. The third-order valence-electron chi connectivity index (χ3n) is 1.26. The van der Waals surface area contributed by atoms with Crippen LogP contribution in [0.1, 0.15) is 18.5 Å². The van der Waals surface area contributed by atoms with Gasteiger partial charge in [-0.3, -0.25) is 0 Å². The van der Waals surface area contributed by atoms with Crippen LogP contribution in [0.4, 0.5) is 0 Å². The summed E-state index contributed by atoms with van der Waals surface area (Å²) in [5.41, 5.74) is 1.10. The monoisotopic (exact) mass is 215 g/mol. The lowest BCUT2D eigenvalue weighted by Crippen LogP contribution is -1.79. The fraction of sp³-hybridized carbons (Fsp3) is 0.286. The van der Waals surface area contributed by atoms with Crippen LogP contribution in [0.15, 0.2) is 15.2 Å². The summed E-state index contributed by atoms with van der Waals surface area (Å²) >= 11 is 4.97.